The number of methoxy groups -OCH3 is 1. The van der Waals surface area contributed by atoms with Crippen molar-refractivity contribution in [1.82, 2.24) is 9.88 Å². The smallest absolute Gasteiger partial charge is 0.182 e. The van der Waals surface area contributed by atoms with Gasteiger partial charge in [-0.25, -0.2) is 0 Å². The van der Waals surface area contributed by atoms with E-state index in [4.69, 9.17) is 4.74 Å². The van der Waals surface area contributed by atoms with Gasteiger partial charge in [-0.15, -0.1) is 0 Å². The molecule has 16 heavy (non-hydrogen) atoms. The van der Waals surface area contributed by atoms with Crippen LogP contribution in [0.4, 0.5) is 0 Å². The van der Waals surface area contributed by atoms with Gasteiger partial charge in [0.2, 0.25) is 0 Å². The van der Waals surface area contributed by atoms with Crippen molar-refractivity contribution < 1.29 is 4.74 Å². The van der Waals surface area contributed by atoms with Gasteiger partial charge in [0.1, 0.15) is 0 Å². The third kappa shape index (κ3) is 3.79. The van der Waals surface area contributed by atoms with Gasteiger partial charge >= 0.3 is 0 Å². The molecule has 0 amide bonds. The highest BCUT2D eigenvalue weighted by molar-refractivity contribution is 5.12. The number of hydrogen-bond donors (Lipinski definition) is 1. The van der Waals surface area contributed by atoms with Crippen LogP contribution in [-0.4, -0.2) is 31.4 Å². The fourth-order valence-corrected chi connectivity index (χ4v) is 1.73. The van der Waals surface area contributed by atoms with E-state index in [0.29, 0.717) is 0 Å². The summed E-state index contributed by atoms with van der Waals surface area (Å²) in [5.74, 6) is 0. The molecule has 0 aliphatic rings. The molecule has 1 heterocycles. The second kappa shape index (κ2) is 6.45. The Morgan fingerprint density at radius 1 is 1.25 bits per heavy atom. The van der Waals surface area contributed by atoms with Crippen LogP contribution in [0.15, 0.2) is 16.9 Å². The molecule has 0 aromatic carbocycles. The summed E-state index contributed by atoms with van der Waals surface area (Å²) in [6.45, 7) is 7.26. The van der Waals surface area contributed by atoms with Crippen LogP contribution in [0.25, 0.3) is 0 Å². The second-order valence-electron chi connectivity index (χ2n) is 3.87. The minimum absolute atomic E-state index is 0.0820. The Kier molecular flexibility index (Phi) is 5.22. The Balaban J connectivity index is 2.51. The number of ether oxygens (including phenoxy) is 1. The molecule has 0 aliphatic carbocycles. The van der Waals surface area contributed by atoms with Gasteiger partial charge in [0.25, 0.3) is 0 Å². The first-order valence-electron chi connectivity index (χ1n) is 5.53. The Hall–Kier alpha value is -1.13. The van der Waals surface area contributed by atoms with Crippen LogP contribution in [-0.2, 0) is 11.3 Å². The summed E-state index contributed by atoms with van der Waals surface area (Å²) in [6.07, 6.45) is 0. The molecule has 4 nitrogen and oxygen atoms in total. The summed E-state index contributed by atoms with van der Waals surface area (Å²) >= 11 is 0. The lowest BCUT2D eigenvalue weighted by Gasteiger charge is -2.14. The number of nitrogens with zero attached hydrogens (tertiary/aromatic N) is 1. The number of pyridine rings is 1. The van der Waals surface area contributed by atoms with Gasteiger partial charge in [-0.3, -0.25) is 4.79 Å². The van der Waals surface area contributed by atoms with Crippen LogP contribution in [0.2, 0.25) is 0 Å². The predicted octanol–water partition coefficient (Wildman–Crippen LogP) is 0.701. The quantitative estimate of drug-likeness (QED) is 0.723. The summed E-state index contributed by atoms with van der Waals surface area (Å²) in [4.78, 5) is 11.2. The monoisotopic (exact) mass is 224 g/mol. The molecule has 90 valence electrons. The topological polar surface area (TPSA) is 43.3 Å². The van der Waals surface area contributed by atoms with E-state index in [-0.39, 0.29) is 5.43 Å². The molecule has 1 N–H and O–H groups in total. The highest BCUT2D eigenvalue weighted by Gasteiger charge is 2.00. The predicted molar refractivity (Wildman–Crippen MR) is 64.9 cm³/mol. The molecule has 0 unspecified atom stereocenters. The van der Waals surface area contributed by atoms with E-state index >= 15 is 0 Å². The minimum atomic E-state index is 0.0820. The van der Waals surface area contributed by atoms with Gasteiger partial charge in [0.15, 0.2) is 5.43 Å². The fourth-order valence-electron chi connectivity index (χ4n) is 1.73. The van der Waals surface area contributed by atoms with Gasteiger partial charge in [-0.1, -0.05) is 0 Å². The Morgan fingerprint density at radius 3 is 2.44 bits per heavy atom. The fraction of sp³-hybridized carbons (Fsp3) is 0.583. The largest absolute Gasteiger partial charge is 0.383 e. The number of nitrogens with one attached hydrogen (secondary N) is 1. The number of aryl methyl sites for hydroxylation is 2. The maximum atomic E-state index is 11.2. The summed E-state index contributed by atoms with van der Waals surface area (Å²) in [7, 11) is 1.69. The lowest BCUT2D eigenvalue weighted by atomic mass is 10.3. The number of rotatable bonds is 6. The van der Waals surface area contributed by atoms with E-state index in [1.807, 2.05) is 13.8 Å². The van der Waals surface area contributed by atoms with E-state index in [1.54, 1.807) is 19.2 Å². The maximum Gasteiger partial charge on any atom is 0.182 e. The van der Waals surface area contributed by atoms with Crippen LogP contribution < -0.4 is 10.7 Å². The Bertz CT molecular complexity index is 359. The van der Waals surface area contributed by atoms with Crippen molar-refractivity contribution in [1.29, 1.82) is 0 Å². The number of aromatic nitrogens is 1. The average Bonchev–Trinajstić information content (AvgIpc) is 2.20. The highest BCUT2D eigenvalue weighted by Crippen LogP contribution is 2.00. The summed E-state index contributed by atoms with van der Waals surface area (Å²) in [5.41, 5.74) is 2.11. The van der Waals surface area contributed by atoms with Gasteiger partial charge < -0.3 is 14.6 Å². The van der Waals surface area contributed by atoms with Crippen molar-refractivity contribution in [3.05, 3.63) is 33.7 Å². The van der Waals surface area contributed by atoms with Crippen molar-refractivity contribution in [2.45, 2.75) is 20.4 Å². The minimum Gasteiger partial charge on any atom is -0.383 e. The lowest BCUT2D eigenvalue weighted by Crippen LogP contribution is -2.25. The van der Waals surface area contributed by atoms with E-state index in [1.165, 1.54) is 0 Å². The molecule has 0 saturated carbocycles. The molecule has 1 rings (SSSR count). The average molecular weight is 224 g/mol. The first-order chi connectivity index (χ1) is 7.65. The zero-order valence-electron chi connectivity index (χ0n) is 10.2. The van der Waals surface area contributed by atoms with Crippen LogP contribution in [0, 0.1) is 13.8 Å². The Morgan fingerprint density at radius 2 is 1.88 bits per heavy atom. The SMILES string of the molecule is COCCNCCn1c(C)cc(=O)cc1C. The van der Waals surface area contributed by atoms with E-state index < -0.39 is 0 Å². The molecule has 0 radical (unpaired) electrons. The van der Waals surface area contributed by atoms with Crippen LogP contribution in [0.1, 0.15) is 11.4 Å². The highest BCUT2D eigenvalue weighted by atomic mass is 16.5. The Labute approximate surface area is 96.2 Å². The van der Waals surface area contributed by atoms with Crippen LogP contribution in [0.5, 0.6) is 0 Å². The van der Waals surface area contributed by atoms with Crippen molar-refractivity contribution >= 4 is 0 Å². The van der Waals surface area contributed by atoms with E-state index in [0.717, 1.165) is 37.6 Å². The zero-order chi connectivity index (χ0) is 12.0. The molecule has 0 spiro atoms. The molecule has 1 aromatic heterocycles. The molecule has 0 fully saturated rings. The molecular formula is C12H20N2O2. The molecule has 0 saturated heterocycles. The van der Waals surface area contributed by atoms with Gasteiger partial charge in [0.05, 0.1) is 6.61 Å². The van der Waals surface area contributed by atoms with Gasteiger partial charge in [-0.2, -0.15) is 0 Å². The van der Waals surface area contributed by atoms with Crippen molar-refractivity contribution in [2.24, 2.45) is 0 Å². The summed E-state index contributed by atoms with van der Waals surface area (Å²) in [5, 5.41) is 3.28. The van der Waals surface area contributed by atoms with Crippen molar-refractivity contribution in [3.63, 3.8) is 0 Å². The van der Waals surface area contributed by atoms with Crippen molar-refractivity contribution in [2.75, 3.05) is 26.8 Å². The third-order valence-electron chi connectivity index (χ3n) is 2.55. The first kappa shape index (κ1) is 12.9. The third-order valence-corrected chi connectivity index (χ3v) is 2.55. The number of hydrogen-bond acceptors (Lipinski definition) is 3. The first-order valence-corrected chi connectivity index (χ1v) is 5.53. The molecule has 4 heteroatoms. The van der Waals surface area contributed by atoms with E-state index in [9.17, 15) is 4.79 Å². The molecule has 1 aromatic rings. The standard InChI is InChI=1S/C12H20N2O2/c1-10-8-12(15)9-11(2)14(10)6-4-13-5-7-16-3/h8-9,13H,4-7H2,1-3H3. The van der Waals surface area contributed by atoms with Gasteiger partial charge in [-0.05, 0) is 13.8 Å². The lowest BCUT2D eigenvalue weighted by molar-refractivity contribution is 0.199. The molecule has 0 atom stereocenters. The van der Waals surface area contributed by atoms with Crippen molar-refractivity contribution in [3.8, 4) is 0 Å². The summed E-state index contributed by atoms with van der Waals surface area (Å²) in [6, 6.07) is 3.34. The molecular weight excluding hydrogens is 204 g/mol. The zero-order valence-corrected chi connectivity index (χ0v) is 10.2. The molecule has 0 bridgehead atoms. The normalized spacial score (nSPS) is 10.7. The van der Waals surface area contributed by atoms with Gasteiger partial charge in [0, 0.05) is 50.3 Å². The van der Waals surface area contributed by atoms with Crippen LogP contribution >= 0.6 is 0 Å². The van der Waals surface area contributed by atoms with Crippen LogP contribution in [0.3, 0.4) is 0 Å². The molecule has 0 aliphatic heterocycles. The van der Waals surface area contributed by atoms with E-state index in [2.05, 4.69) is 9.88 Å². The second-order valence-corrected chi connectivity index (χ2v) is 3.87. The maximum absolute atomic E-state index is 11.2. The summed E-state index contributed by atoms with van der Waals surface area (Å²) < 4.78 is 7.09.